The van der Waals surface area contributed by atoms with Crippen molar-refractivity contribution < 1.29 is 18.3 Å². The van der Waals surface area contributed by atoms with Crippen LogP contribution in [0.4, 0.5) is 13.2 Å². The molecule has 0 bridgehead atoms. The average molecular weight is 287 g/mol. The average Bonchev–Trinajstić information content (AvgIpc) is 2.37. The van der Waals surface area contributed by atoms with Gasteiger partial charge in [-0.25, -0.2) is 13.2 Å². The lowest BCUT2D eigenvalue weighted by Gasteiger charge is -2.12. The molecule has 0 saturated heterocycles. The first-order valence-electron chi connectivity index (χ1n) is 5.54. The topological polar surface area (TPSA) is 20.2 Å². The normalized spacial score (nSPS) is 12.5. The summed E-state index contributed by atoms with van der Waals surface area (Å²) in [7, 11) is 0. The van der Waals surface area contributed by atoms with Crippen LogP contribution in [-0.2, 0) is 6.42 Å². The molecule has 100 valence electrons. The van der Waals surface area contributed by atoms with Gasteiger partial charge in [-0.05, 0) is 41.5 Å². The number of aliphatic hydroxyl groups is 1. The van der Waals surface area contributed by atoms with E-state index in [1.165, 1.54) is 24.3 Å². The Morgan fingerprint density at radius 1 is 1.00 bits per heavy atom. The third-order valence-electron chi connectivity index (χ3n) is 2.75. The molecule has 2 aromatic rings. The Hall–Kier alpha value is -1.52. The summed E-state index contributed by atoms with van der Waals surface area (Å²) in [5, 5.41) is 10.2. The number of benzene rings is 2. The third kappa shape index (κ3) is 3.28. The minimum absolute atomic E-state index is 0.0155. The van der Waals surface area contributed by atoms with Gasteiger partial charge >= 0.3 is 0 Å². The summed E-state index contributed by atoms with van der Waals surface area (Å²) in [5.74, 6) is -2.50. The molecular weight excluding hydrogens is 277 g/mol. The van der Waals surface area contributed by atoms with Crippen LogP contribution in [0.5, 0.6) is 0 Å². The highest BCUT2D eigenvalue weighted by molar-refractivity contribution is 6.31. The molecule has 0 spiro atoms. The lowest BCUT2D eigenvalue weighted by Crippen LogP contribution is -2.04. The van der Waals surface area contributed by atoms with Gasteiger partial charge in [0, 0.05) is 11.4 Å². The Morgan fingerprint density at radius 3 is 2.42 bits per heavy atom. The van der Waals surface area contributed by atoms with Gasteiger partial charge in [-0.1, -0.05) is 17.7 Å². The molecule has 0 heterocycles. The molecule has 5 heteroatoms. The molecule has 1 unspecified atom stereocenters. The van der Waals surface area contributed by atoms with E-state index in [2.05, 4.69) is 0 Å². The van der Waals surface area contributed by atoms with E-state index in [0.29, 0.717) is 10.6 Å². The summed E-state index contributed by atoms with van der Waals surface area (Å²) in [6.07, 6.45) is -1.07. The van der Waals surface area contributed by atoms with Crippen LogP contribution in [0.3, 0.4) is 0 Å². The number of halogens is 4. The maximum atomic E-state index is 13.1. The molecule has 2 rings (SSSR count). The first-order chi connectivity index (χ1) is 8.97. The fourth-order valence-corrected chi connectivity index (χ4v) is 1.94. The van der Waals surface area contributed by atoms with Crippen molar-refractivity contribution in [1.82, 2.24) is 0 Å². The molecule has 0 amide bonds. The summed E-state index contributed by atoms with van der Waals surface area (Å²) in [4.78, 5) is 0. The minimum atomic E-state index is -1.09. The zero-order valence-corrected chi connectivity index (χ0v) is 10.5. The highest BCUT2D eigenvalue weighted by Crippen LogP contribution is 2.25. The quantitative estimate of drug-likeness (QED) is 0.903. The molecule has 0 aliphatic rings. The second-order valence-electron chi connectivity index (χ2n) is 4.13. The van der Waals surface area contributed by atoms with Gasteiger partial charge < -0.3 is 5.11 Å². The predicted octanol–water partition coefficient (Wildman–Crippen LogP) is 4.03. The van der Waals surface area contributed by atoms with Crippen LogP contribution in [0.1, 0.15) is 17.2 Å². The van der Waals surface area contributed by atoms with Crippen molar-refractivity contribution in [1.29, 1.82) is 0 Å². The Morgan fingerprint density at radius 2 is 1.74 bits per heavy atom. The molecule has 19 heavy (non-hydrogen) atoms. The second-order valence-corrected chi connectivity index (χ2v) is 4.54. The maximum Gasteiger partial charge on any atom is 0.159 e. The Bertz CT molecular complexity index is 601. The van der Waals surface area contributed by atoms with Crippen LogP contribution in [0.2, 0.25) is 5.02 Å². The standard InChI is InChI=1S/C14H10ClF3O/c15-11-3-2-10(16)5-9(11)7-14(19)8-1-4-12(17)13(18)6-8/h1-6,14,19H,7H2. The molecule has 0 aliphatic carbocycles. The van der Waals surface area contributed by atoms with Crippen molar-refractivity contribution in [2.24, 2.45) is 0 Å². The van der Waals surface area contributed by atoms with E-state index >= 15 is 0 Å². The van der Waals surface area contributed by atoms with E-state index in [9.17, 15) is 18.3 Å². The van der Waals surface area contributed by atoms with Crippen molar-refractivity contribution in [2.45, 2.75) is 12.5 Å². The SMILES string of the molecule is OC(Cc1cc(F)ccc1Cl)c1ccc(F)c(F)c1. The summed E-state index contributed by atoms with van der Waals surface area (Å²) in [6, 6.07) is 6.90. The van der Waals surface area contributed by atoms with E-state index < -0.39 is 23.6 Å². The monoisotopic (exact) mass is 286 g/mol. The Balaban J connectivity index is 2.22. The van der Waals surface area contributed by atoms with Crippen LogP contribution in [0, 0.1) is 17.5 Å². The zero-order valence-electron chi connectivity index (χ0n) is 9.71. The lowest BCUT2D eigenvalue weighted by atomic mass is 10.0. The van der Waals surface area contributed by atoms with Gasteiger partial charge in [0.25, 0.3) is 0 Å². The summed E-state index contributed by atoms with van der Waals surface area (Å²) in [6.45, 7) is 0. The van der Waals surface area contributed by atoms with Crippen LogP contribution in [-0.4, -0.2) is 5.11 Å². The Kier molecular flexibility index (Phi) is 4.12. The largest absolute Gasteiger partial charge is 0.388 e. The van der Waals surface area contributed by atoms with E-state index in [4.69, 9.17) is 11.6 Å². The second kappa shape index (κ2) is 5.63. The molecule has 0 saturated carbocycles. The van der Waals surface area contributed by atoms with Crippen LogP contribution in [0.15, 0.2) is 36.4 Å². The fraction of sp³-hybridized carbons (Fsp3) is 0.143. The van der Waals surface area contributed by atoms with E-state index in [0.717, 1.165) is 12.1 Å². The minimum Gasteiger partial charge on any atom is -0.388 e. The highest BCUT2D eigenvalue weighted by atomic mass is 35.5. The first kappa shape index (κ1) is 13.9. The number of aliphatic hydroxyl groups excluding tert-OH is 1. The molecule has 0 fully saturated rings. The first-order valence-corrected chi connectivity index (χ1v) is 5.92. The van der Waals surface area contributed by atoms with Gasteiger partial charge in [-0.2, -0.15) is 0 Å². The summed E-state index contributed by atoms with van der Waals surface area (Å²) >= 11 is 5.87. The van der Waals surface area contributed by atoms with Crippen LogP contribution in [0.25, 0.3) is 0 Å². The molecule has 2 aromatic carbocycles. The van der Waals surface area contributed by atoms with Crippen LogP contribution >= 0.6 is 11.6 Å². The summed E-state index contributed by atoms with van der Waals surface area (Å²) in [5.41, 5.74) is 0.609. The molecule has 1 N–H and O–H groups in total. The van der Waals surface area contributed by atoms with Gasteiger partial charge in [0.05, 0.1) is 6.10 Å². The molecular formula is C14H10ClF3O. The van der Waals surface area contributed by atoms with Crippen molar-refractivity contribution in [2.75, 3.05) is 0 Å². The maximum absolute atomic E-state index is 13.1. The molecule has 1 nitrogen and oxygen atoms in total. The van der Waals surface area contributed by atoms with E-state index in [1.807, 2.05) is 0 Å². The zero-order chi connectivity index (χ0) is 14.0. The van der Waals surface area contributed by atoms with Gasteiger partial charge in [0.1, 0.15) is 5.82 Å². The fourth-order valence-electron chi connectivity index (χ4n) is 1.75. The number of hydrogen-bond acceptors (Lipinski definition) is 1. The van der Waals surface area contributed by atoms with Crippen molar-refractivity contribution in [3.05, 3.63) is 70.0 Å². The molecule has 1 atom stereocenters. The van der Waals surface area contributed by atoms with E-state index in [1.54, 1.807) is 0 Å². The Labute approximate surface area is 113 Å². The molecule has 0 aliphatic heterocycles. The lowest BCUT2D eigenvalue weighted by molar-refractivity contribution is 0.177. The van der Waals surface area contributed by atoms with Crippen molar-refractivity contribution in [3.8, 4) is 0 Å². The van der Waals surface area contributed by atoms with Crippen molar-refractivity contribution >= 4 is 11.6 Å². The van der Waals surface area contributed by atoms with Gasteiger partial charge in [0.2, 0.25) is 0 Å². The number of hydrogen-bond donors (Lipinski definition) is 1. The van der Waals surface area contributed by atoms with Crippen LogP contribution < -0.4 is 0 Å². The number of rotatable bonds is 3. The summed E-state index contributed by atoms with van der Waals surface area (Å²) < 4.78 is 38.9. The van der Waals surface area contributed by atoms with Gasteiger partial charge in [-0.3, -0.25) is 0 Å². The predicted molar refractivity (Wildman–Crippen MR) is 66.4 cm³/mol. The van der Waals surface area contributed by atoms with E-state index in [-0.39, 0.29) is 12.0 Å². The molecule has 0 radical (unpaired) electrons. The van der Waals surface area contributed by atoms with Gasteiger partial charge in [0.15, 0.2) is 11.6 Å². The highest BCUT2D eigenvalue weighted by Gasteiger charge is 2.13. The molecule has 0 aromatic heterocycles. The third-order valence-corrected chi connectivity index (χ3v) is 3.12. The van der Waals surface area contributed by atoms with Crippen molar-refractivity contribution in [3.63, 3.8) is 0 Å². The van der Waals surface area contributed by atoms with Gasteiger partial charge in [-0.15, -0.1) is 0 Å². The smallest absolute Gasteiger partial charge is 0.159 e.